The van der Waals surface area contributed by atoms with Crippen LogP contribution in [0.15, 0.2) is 97.1 Å². The van der Waals surface area contributed by atoms with E-state index in [0.29, 0.717) is 0 Å². The molecular formula is C35H29ClO7. The number of alkyl halides is 1. The molecule has 0 amide bonds. The van der Waals surface area contributed by atoms with Gasteiger partial charge < -0.3 is 23.7 Å². The Labute approximate surface area is 254 Å². The summed E-state index contributed by atoms with van der Waals surface area (Å²) in [5, 5.41) is 0. The fraction of sp³-hybridized carbons (Fsp3) is 0.257. The van der Waals surface area contributed by atoms with Crippen LogP contribution in [0.25, 0.3) is 22.3 Å². The molecule has 0 aromatic heterocycles. The molecule has 7 rings (SSSR count). The van der Waals surface area contributed by atoms with E-state index < -0.39 is 30.1 Å². The van der Waals surface area contributed by atoms with Crippen molar-refractivity contribution in [2.75, 3.05) is 19.8 Å². The van der Waals surface area contributed by atoms with Gasteiger partial charge in [0.25, 0.3) is 0 Å². The molecule has 1 fully saturated rings. The summed E-state index contributed by atoms with van der Waals surface area (Å²) in [6.45, 7) is 0.0864. The summed E-state index contributed by atoms with van der Waals surface area (Å²) < 4.78 is 27.7. The lowest BCUT2D eigenvalue weighted by atomic mass is 9.98. The van der Waals surface area contributed by atoms with E-state index in [1.54, 1.807) is 0 Å². The van der Waals surface area contributed by atoms with E-state index >= 15 is 0 Å². The molecule has 1 heterocycles. The smallest absolute Gasteiger partial charge is 0.433 e. The van der Waals surface area contributed by atoms with Gasteiger partial charge in [-0.25, -0.2) is 9.59 Å². The van der Waals surface area contributed by atoms with Gasteiger partial charge >= 0.3 is 12.3 Å². The van der Waals surface area contributed by atoms with Crippen molar-refractivity contribution in [2.24, 2.45) is 0 Å². The Bertz CT molecular complexity index is 1580. The van der Waals surface area contributed by atoms with E-state index in [1.807, 2.05) is 72.8 Å². The van der Waals surface area contributed by atoms with Crippen molar-refractivity contribution in [3.8, 4) is 22.3 Å². The van der Waals surface area contributed by atoms with E-state index in [0.717, 1.165) is 44.5 Å². The highest BCUT2D eigenvalue weighted by molar-refractivity contribution is 6.19. The lowest BCUT2D eigenvalue weighted by Gasteiger charge is -2.20. The average molecular weight is 597 g/mol. The molecule has 3 atom stereocenters. The molecule has 8 heteroatoms. The second-order valence-electron chi connectivity index (χ2n) is 10.9. The Morgan fingerprint density at radius 1 is 0.605 bits per heavy atom. The van der Waals surface area contributed by atoms with Crippen molar-refractivity contribution < 1.29 is 33.3 Å². The number of halogens is 1. The van der Waals surface area contributed by atoms with Crippen molar-refractivity contribution in [2.45, 2.75) is 36.0 Å². The molecule has 4 aromatic carbocycles. The lowest BCUT2D eigenvalue weighted by Crippen LogP contribution is -2.33. The van der Waals surface area contributed by atoms with Crippen LogP contribution in [-0.4, -0.2) is 49.9 Å². The Balaban J connectivity index is 0.924. The molecule has 1 saturated heterocycles. The maximum absolute atomic E-state index is 12.7. The molecule has 4 aromatic rings. The first-order chi connectivity index (χ1) is 21.1. The van der Waals surface area contributed by atoms with Gasteiger partial charge in [0.05, 0.1) is 0 Å². The Morgan fingerprint density at radius 3 is 1.47 bits per heavy atom. The molecule has 3 aliphatic rings. The molecule has 0 radical (unpaired) electrons. The fourth-order valence-electron chi connectivity index (χ4n) is 6.47. The van der Waals surface area contributed by atoms with Crippen LogP contribution in [0.5, 0.6) is 0 Å². The highest BCUT2D eigenvalue weighted by Gasteiger charge is 2.39. The molecule has 218 valence electrons. The van der Waals surface area contributed by atoms with Gasteiger partial charge in [0.2, 0.25) is 0 Å². The Kier molecular flexibility index (Phi) is 7.51. The van der Waals surface area contributed by atoms with E-state index in [-0.39, 0.29) is 38.1 Å². The van der Waals surface area contributed by atoms with Crippen LogP contribution < -0.4 is 0 Å². The van der Waals surface area contributed by atoms with Crippen molar-refractivity contribution in [1.82, 2.24) is 0 Å². The van der Waals surface area contributed by atoms with Crippen LogP contribution in [0.3, 0.4) is 0 Å². The van der Waals surface area contributed by atoms with Crippen molar-refractivity contribution in [3.63, 3.8) is 0 Å². The van der Waals surface area contributed by atoms with E-state index in [1.165, 1.54) is 0 Å². The van der Waals surface area contributed by atoms with Crippen LogP contribution in [-0.2, 0) is 23.7 Å². The monoisotopic (exact) mass is 596 g/mol. The third-order valence-corrected chi connectivity index (χ3v) is 8.71. The number of ether oxygens (including phenoxy) is 5. The van der Waals surface area contributed by atoms with Gasteiger partial charge in [-0.2, -0.15) is 0 Å². The normalized spacial score (nSPS) is 20.1. The van der Waals surface area contributed by atoms with Crippen LogP contribution in [0, 0.1) is 0 Å². The van der Waals surface area contributed by atoms with Crippen LogP contribution >= 0.6 is 11.6 Å². The summed E-state index contributed by atoms with van der Waals surface area (Å²) in [6.07, 6.45) is -2.90. The van der Waals surface area contributed by atoms with Gasteiger partial charge in [-0.05, 0) is 44.5 Å². The van der Waals surface area contributed by atoms with Gasteiger partial charge in [-0.15, -0.1) is 0 Å². The number of carbonyl (C=O) groups is 2. The van der Waals surface area contributed by atoms with E-state index in [2.05, 4.69) is 24.3 Å². The fourth-order valence-corrected chi connectivity index (χ4v) is 6.78. The van der Waals surface area contributed by atoms with Gasteiger partial charge in [-0.3, -0.25) is 0 Å². The van der Waals surface area contributed by atoms with Gasteiger partial charge in [0, 0.05) is 18.3 Å². The van der Waals surface area contributed by atoms with Gasteiger partial charge in [0.15, 0.2) is 0 Å². The topological polar surface area (TPSA) is 80.3 Å². The quantitative estimate of drug-likeness (QED) is 0.160. The van der Waals surface area contributed by atoms with Gasteiger partial charge in [-0.1, -0.05) is 109 Å². The van der Waals surface area contributed by atoms with Gasteiger partial charge in [0.1, 0.15) is 37.6 Å². The van der Waals surface area contributed by atoms with E-state index in [9.17, 15) is 9.59 Å². The minimum Gasteiger partial charge on any atom is -0.433 e. The standard InChI is InChI=1S/C35H29ClO7/c36-33-17-31(43-35(38)40-19-30-27-15-7-3-11-23(27)24-12-4-8-16-28(24)30)32(42-33)20-41-34(37)39-18-29-25-13-5-1-9-21(25)22-10-2-6-14-26(22)29/h1-16,29-33H,17-20H2/t31?,32-,33?/m1/s1. The summed E-state index contributed by atoms with van der Waals surface area (Å²) in [6, 6.07) is 32.4. The minimum atomic E-state index is -0.830. The molecule has 0 bridgehead atoms. The summed E-state index contributed by atoms with van der Waals surface area (Å²) in [7, 11) is 0. The minimum absolute atomic E-state index is 0.0837. The first-order valence-corrected chi connectivity index (χ1v) is 14.8. The first-order valence-electron chi connectivity index (χ1n) is 14.4. The number of carbonyl (C=O) groups excluding carboxylic acids is 2. The average Bonchev–Trinajstić information content (AvgIpc) is 3.66. The third kappa shape index (κ3) is 5.35. The predicted octanol–water partition coefficient (Wildman–Crippen LogP) is 7.64. The highest BCUT2D eigenvalue weighted by atomic mass is 35.5. The van der Waals surface area contributed by atoms with Crippen LogP contribution in [0.2, 0.25) is 0 Å². The molecule has 2 aliphatic carbocycles. The summed E-state index contributed by atoms with van der Waals surface area (Å²) in [5.41, 5.74) is 8.30. The first kappa shape index (κ1) is 27.5. The SMILES string of the molecule is O=C(OCC1c2ccccc2-c2ccccc21)OC[C@H]1OC(Cl)CC1OC(=O)OCC1c2ccccc2-c2ccccc21. The van der Waals surface area contributed by atoms with Crippen LogP contribution in [0.1, 0.15) is 40.5 Å². The van der Waals surface area contributed by atoms with Crippen LogP contribution in [0.4, 0.5) is 9.59 Å². The molecule has 7 nitrogen and oxygen atoms in total. The lowest BCUT2D eigenvalue weighted by molar-refractivity contribution is -0.0461. The third-order valence-electron chi connectivity index (χ3n) is 8.43. The number of benzene rings is 4. The zero-order valence-electron chi connectivity index (χ0n) is 23.2. The molecule has 0 N–H and O–H groups in total. The molecule has 1 aliphatic heterocycles. The van der Waals surface area contributed by atoms with E-state index in [4.69, 9.17) is 35.3 Å². The number of rotatable bonds is 7. The maximum Gasteiger partial charge on any atom is 0.508 e. The zero-order chi connectivity index (χ0) is 29.3. The number of hydrogen-bond acceptors (Lipinski definition) is 7. The second kappa shape index (κ2) is 11.7. The number of hydrogen-bond donors (Lipinski definition) is 0. The molecule has 0 spiro atoms. The second-order valence-corrected chi connectivity index (χ2v) is 11.4. The Morgan fingerprint density at radius 2 is 1.00 bits per heavy atom. The number of fused-ring (bicyclic) bond motifs is 6. The summed E-state index contributed by atoms with van der Waals surface area (Å²) >= 11 is 6.21. The summed E-state index contributed by atoms with van der Waals surface area (Å²) in [4.78, 5) is 25.3. The van der Waals surface area contributed by atoms with Crippen molar-refractivity contribution in [3.05, 3.63) is 119 Å². The zero-order valence-corrected chi connectivity index (χ0v) is 23.9. The van der Waals surface area contributed by atoms with Crippen molar-refractivity contribution >= 4 is 23.9 Å². The molecule has 0 saturated carbocycles. The Hall–Kier alpha value is -4.33. The highest BCUT2D eigenvalue weighted by Crippen LogP contribution is 2.45. The molecule has 43 heavy (non-hydrogen) atoms. The molecule has 2 unspecified atom stereocenters. The molecular weight excluding hydrogens is 568 g/mol. The summed E-state index contributed by atoms with van der Waals surface area (Å²) in [5.74, 6) is -0.173. The predicted molar refractivity (Wildman–Crippen MR) is 160 cm³/mol. The largest absolute Gasteiger partial charge is 0.508 e. The maximum atomic E-state index is 12.7. The van der Waals surface area contributed by atoms with Crippen molar-refractivity contribution in [1.29, 1.82) is 0 Å².